The van der Waals surface area contributed by atoms with Crippen LogP contribution in [-0.2, 0) is 0 Å². The van der Waals surface area contributed by atoms with E-state index >= 15 is 0 Å². The van der Waals surface area contributed by atoms with Gasteiger partial charge in [0.1, 0.15) is 0 Å². The minimum Gasteiger partial charge on any atom is -0.393 e. The molecule has 0 saturated heterocycles. The molecule has 1 N–H and O–H groups in total. The van der Waals surface area contributed by atoms with Gasteiger partial charge in [-0.15, -0.1) is 0 Å². The van der Waals surface area contributed by atoms with Gasteiger partial charge in [-0.25, -0.2) is 0 Å². The Hall–Kier alpha value is -0.550. The monoisotopic (exact) mass is 127 g/mol. The van der Waals surface area contributed by atoms with Gasteiger partial charge >= 0.3 is 0 Å². The summed E-state index contributed by atoms with van der Waals surface area (Å²) in [7, 11) is 0. The fourth-order valence-corrected chi connectivity index (χ4v) is 0.644. The van der Waals surface area contributed by atoms with Crippen molar-refractivity contribution in [2.75, 3.05) is 0 Å². The molecule has 9 heavy (non-hydrogen) atoms. The lowest BCUT2D eigenvalue weighted by Crippen LogP contribution is -1.97. The first-order chi connectivity index (χ1) is 4.27. The Morgan fingerprint density at radius 3 is 2.67 bits per heavy atom. The van der Waals surface area contributed by atoms with Crippen LogP contribution in [-0.4, -0.2) is 11.2 Å². The van der Waals surface area contributed by atoms with Gasteiger partial charge < -0.3 is 5.11 Å². The molecule has 1 atom stereocenters. The van der Waals surface area contributed by atoms with Crippen LogP contribution in [0.3, 0.4) is 0 Å². The Bertz CT molecular complexity index is 93.6. The number of rotatable bonds is 4. The Labute approximate surface area is 56.1 Å². The number of hydrogen-bond acceptors (Lipinski definition) is 2. The third kappa shape index (κ3) is 7.45. The largest absolute Gasteiger partial charge is 0.393 e. The summed E-state index contributed by atoms with van der Waals surface area (Å²) in [4.78, 5) is 0. The number of unbranched alkanes of at least 4 members (excludes halogenated alkanes) is 2. The predicted molar refractivity (Wildman–Crippen MR) is 35.8 cm³/mol. The van der Waals surface area contributed by atoms with Gasteiger partial charge in [0.15, 0.2) is 0 Å². The van der Waals surface area contributed by atoms with Crippen LogP contribution in [0.4, 0.5) is 0 Å². The molecule has 0 rings (SSSR count). The van der Waals surface area contributed by atoms with E-state index < -0.39 is 0 Å². The minimum absolute atomic E-state index is 0.205. The molecule has 0 aliphatic carbocycles. The molecule has 0 bridgehead atoms. The maximum Gasteiger partial charge on any atom is 0.0621 e. The maximum atomic E-state index is 8.77. The third-order valence-corrected chi connectivity index (χ3v) is 1.16. The van der Waals surface area contributed by atoms with Crippen LogP contribution in [0, 0.1) is 11.3 Å². The molecule has 52 valence electrons. The standard InChI is InChI=1S/C7H13NO/c1-7(9)5-3-2-4-6-8/h7,9H,2-5H2,1H3/t7-/m1/s1. The molecule has 0 fully saturated rings. The Balaban J connectivity index is 2.85. The predicted octanol–water partition coefficient (Wildman–Crippen LogP) is 1.45. The summed E-state index contributed by atoms with van der Waals surface area (Å²) >= 11 is 0. The zero-order valence-corrected chi connectivity index (χ0v) is 5.80. The van der Waals surface area contributed by atoms with Gasteiger partial charge in [-0.05, 0) is 26.2 Å². The normalized spacial score (nSPS) is 12.6. The van der Waals surface area contributed by atoms with Crippen LogP contribution in [0.25, 0.3) is 0 Å². The molecule has 0 unspecified atom stereocenters. The fraction of sp³-hybridized carbons (Fsp3) is 0.857. The van der Waals surface area contributed by atoms with Crippen molar-refractivity contribution >= 4 is 0 Å². The quantitative estimate of drug-likeness (QED) is 0.581. The van der Waals surface area contributed by atoms with Crippen molar-refractivity contribution in [2.45, 2.75) is 38.7 Å². The topological polar surface area (TPSA) is 44.0 Å². The maximum absolute atomic E-state index is 8.77. The number of aliphatic hydroxyl groups is 1. The highest BCUT2D eigenvalue weighted by molar-refractivity contribution is 4.68. The molecule has 2 heteroatoms. The summed E-state index contributed by atoms with van der Waals surface area (Å²) in [6.45, 7) is 1.77. The summed E-state index contributed by atoms with van der Waals surface area (Å²) in [5, 5.41) is 16.9. The van der Waals surface area contributed by atoms with Crippen LogP contribution >= 0.6 is 0 Å². The molecule has 0 radical (unpaired) electrons. The van der Waals surface area contributed by atoms with Crippen LogP contribution in [0.1, 0.15) is 32.6 Å². The summed E-state index contributed by atoms with van der Waals surface area (Å²) in [5.41, 5.74) is 0. The van der Waals surface area contributed by atoms with E-state index in [2.05, 4.69) is 6.07 Å². The molecule has 0 aromatic carbocycles. The van der Waals surface area contributed by atoms with Crippen molar-refractivity contribution in [3.05, 3.63) is 0 Å². The molecular formula is C7H13NO. The lowest BCUT2D eigenvalue weighted by atomic mass is 10.1. The zero-order chi connectivity index (χ0) is 7.11. The van der Waals surface area contributed by atoms with Gasteiger partial charge in [-0.2, -0.15) is 5.26 Å². The lowest BCUT2D eigenvalue weighted by molar-refractivity contribution is 0.181. The van der Waals surface area contributed by atoms with E-state index in [1.54, 1.807) is 6.92 Å². The highest BCUT2D eigenvalue weighted by atomic mass is 16.3. The summed E-state index contributed by atoms with van der Waals surface area (Å²) < 4.78 is 0. The molecule has 2 nitrogen and oxygen atoms in total. The molecule has 0 aliphatic heterocycles. The van der Waals surface area contributed by atoms with Crippen LogP contribution < -0.4 is 0 Å². The van der Waals surface area contributed by atoms with E-state index in [9.17, 15) is 0 Å². The number of hydrogen-bond donors (Lipinski definition) is 1. The zero-order valence-electron chi connectivity index (χ0n) is 5.80. The number of nitrogens with zero attached hydrogens (tertiary/aromatic N) is 1. The lowest BCUT2D eigenvalue weighted by Gasteiger charge is -1.99. The van der Waals surface area contributed by atoms with E-state index in [1.807, 2.05) is 0 Å². The van der Waals surface area contributed by atoms with E-state index in [0.29, 0.717) is 6.42 Å². The number of nitriles is 1. The van der Waals surface area contributed by atoms with Gasteiger partial charge in [0.25, 0.3) is 0 Å². The van der Waals surface area contributed by atoms with Crippen molar-refractivity contribution in [3.8, 4) is 6.07 Å². The van der Waals surface area contributed by atoms with Crippen LogP contribution in [0.15, 0.2) is 0 Å². The summed E-state index contributed by atoms with van der Waals surface area (Å²) in [6.07, 6.45) is 3.12. The van der Waals surface area contributed by atoms with Crippen molar-refractivity contribution in [3.63, 3.8) is 0 Å². The average molecular weight is 127 g/mol. The fourth-order valence-electron chi connectivity index (χ4n) is 0.644. The second-order valence-electron chi connectivity index (χ2n) is 2.25. The first kappa shape index (κ1) is 8.45. The first-order valence-corrected chi connectivity index (χ1v) is 3.32. The van der Waals surface area contributed by atoms with E-state index in [1.165, 1.54) is 0 Å². The molecule has 0 heterocycles. The molecule has 0 aliphatic rings. The van der Waals surface area contributed by atoms with E-state index in [0.717, 1.165) is 19.3 Å². The minimum atomic E-state index is -0.205. The summed E-state index contributed by atoms with van der Waals surface area (Å²) in [5.74, 6) is 0. The average Bonchev–Trinajstić information content (AvgIpc) is 1.80. The number of aliphatic hydroxyl groups excluding tert-OH is 1. The molecule has 0 aromatic rings. The second-order valence-corrected chi connectivity index (χ2v) is 2.25. The van der Waals surface area contributed by atoms with Gasteiger partial charge in [0, 0.05) is 6.42 Å². The van der Waals surface area contributed by atoms with Crippen molar-refractivity contribution in [2.24, 2.45) is 0 Å². The van der Waals surface area contributed by atoms with Crippen molar-refractivity contribution in [1.82, 2.24) is 0 Å². The van der Waals surface area contributed by atoms with Gasteiger partial charge in [0.05, 0.1) is 12.2 Å². The Kier molecular flexibility index (Phi) is 5.24. The molecule has 0 spiro atoms. The second kappa shape index (κ2) is 5.58. The first-order valence-electron chi connectivity index (χ1n) is 3.32. The molecule has 0 aromatic heterocycles. The molecular weight excluding hydrogens is 114 g/mol. The van der Waals surface area contributed by atoms with Crippen LogP contribution in [0.5, 0.6) is 0 Å². The molecule has 0 saturated carbocycles. The van der Waals surface area contributed by atoms with Gasteiger partial charge in [-0.1, -0.05) is 0 Å². The highest BCUT2D eigenvalue weighted by Crippen LogP contribution is 2.01. The Morgan fingerprint density at radius 2 is 2.22 bits per heavy atom. The highest BCUT2D eigenvalue weighted by Gasteiger charge is 1.93. The van der Waals surface area contributed by atoms with Crippen LogP contribution in [0.2, 0.25) is 0 Å². The van der Waals surface area contributed by atoms with Crippen molar-refractivity contribution < 1.29 is 5.11 Å². The third-order valence-electron chi connectivity index (χ3n) is 1.16. The van der Waals surface area contributed by atoms with E-state index in [4.69, 9.17) is 10.4 Å². The summed E-state index contributed by atoms with van der Waals surface area (Å²) in [6, 6.07) is 2.06. The Morgan fingerprint density at radius 1 is 1.56 bits per heavy atom. The van der Waals surface area contributed by atoms with Gasteiger partial charge in [-0.3, -0.25) is 0 Å². The SMILES string of the molecule is C[C@@H](O)CCCCC#N. The van der Waals surface area contributed by atoms with Gasteiger partial charge in [0.2, 0.25) is 0 Å². The smallest absolute Gasteiger partial charge is 0.0621 e. The van der Waals surface area contributed by atoms with Crippen molar-refractivity contribution in [1.29, 1.82) is 5.26 Å². The van der Waals surface area contributed by atoms with E-state index in [-0.39, 0.29) is 6.10 Å². The molecule has 0 amide bonds.